The summed E-state index contributed by atoms with van der Waals surface area (Å²) >= 11 is 6.09. The zero-order valence-electron chi connectivity index (χ0n) is 18.7. The molecule has 1 aliphatic heterocycles. The van der Waals surface area contributed by atoms with E-state index in [1.54, 1.807) is 0 Å². The number of aryl methyl sites for hydroxylation is 1. The van der Waals surface area contributed by atoms with Crippen LogP contribution in [0, 0.1) is 6.92 Å². The van der Waals surface area contributed by atoms with Gasteiger partial charge in [-0.1, -0.05) is 73.0 Å². The van der Waals surface area contributed by atoms with Crippen molar-refractivity contribution >= 4 is 28.2 Å². The number of nitrogens with zero attached hydrogens (tertiary/aromatic N) is 2. The monoisotopic (exact) mass is 435 g/mol. The van der Waals surface area contributed by atoms with E-state index in [4.69, 9.17) is 11.6 Å². The van der Waals surface area contributed by atoms with Gasteiger partial charge < -0.3 is 10.2 Å². The van der Waals surface area contributed by atoms with Crippen LogP contribution in [0.4, 0.5) is 5.69 Å². The Morgan fingerprint density at radius 2 is 1.84 bits per heavy atom. The second kappa shape index (κ2) is 12.5. The Balaban J connectivity index is 0.000000330. The highest BCUT2D eigenvalue weighted by atomic mass is 35.5. The van der Waals surface area contributed by atoms with Crippen LogP contribution in [-0.2, 0) is 0 Å². The molecule has 4 heteroatoms. The number of halogens is 1. The van der Waals surface area contributed by atoms with Crippen molar-refractivity contribution < 1.29 is 0 Å². The van der Waals surface area contributed by atoms with Gasteiger partial charge in [-0.25, -0.2) is 0 Å². The molecule has 0 spiro atoms. The Morgan fingerprint density at radius 1 is 1.06 bits per heavy atom. The zero-order chi connectivity index (χ0) is 21.9. The van der Waals surface area contributed by atoms with E-state index < -0.39 is 0 Å². The van der Waals surface area contributed by atoms with E-state index in [2.05, 4.69) is 65.5 Å². The van der Waals surface area contributed by atoms with Crippen LogP contribution in [0.3, 0.4) is 0 Å². The van der Waals surface area contributed by atoms with Crippen LogP contribution in [0.25, 0.3) is 10.9 Å². The maximum absolute atomic E-state index is 6.09. The van der Waals surface area contributed by atoms with Crippen molar-refractivity contribution in [3.05, 3.63) is 83.5 Å². The molecular formula is C27H34ClN3. The summed E-state index contributed by atoms with van der Waals surface area (Å²) in [5, 5.41) is 5.59. The first-order valence-electron chi connectivity index (χ1n) is 11.4. The number of nitrogens with one attached hydrogen (secondary N) is 1. The van der Waals surface area contributed by atoms with Gasteiger partial charge in [0.1, 0.15) is 0 Å². The molecule has 2 heterocycles. The second-order valence-electron chi connectivity index (χ2n) is 8.08. The van der Waals surface area contributed by atoms with E-state index in [9.17, 15) is 0 Å². The van der Waals surface area contributed by atoms with E-state index in [1.807, 2.05) is 36.5 Å². The lowest BCUT2D eigenvalue weighted by Gasteiger charge is -2.34. The smallest absolute Gasteiger partial charge is 0.0737 e. The summed E-state index contributed by atoms with van der Waals surface area (Å²) in [6.45, 7) is 7.45. The SMILES string of the molecule is CCC/C=C\CNC1CCN(c2ccnc3cc(Cl)ccc23)CC1.Cc1ccccc1. The largest absolute Gasteiger partial charge is 0.371 e. The molecule has 0 atom stereocenters. The molecule has 0 saturated carbocycles. The summed E-state index contributed by atoms with van der Waals surface area (Å²) in [6, 6.07) is 19.0. The van der Waals surface area contributed by atoms with E-state index in [0.29, 0.717) is 6.04 Å². The minimum atomic E-state index is 0.620. The first kappa shape index (κ1) is 23.3. The summed E-state index contributed by atoms with van der Waals surface area (Å²) in [6.07, 6.45) is 11.2. The molecule has 1 aliphatic rings. The van der Waals surface area contributed by atoms with Crippen LogP contribution in [0.1, 0.15) is 38.2 Å². The van der Waals surface area contributed by atoms with Crippen LogP contribution in [0.5, 0.6) is 0 Å². The highest BCUT2D eigenvalue weighted by molar-refractivity contribution is 6.31. The van der Waals surface area contributed by atoms with Crippen LogP contribution in [-0.4, -0.2) is 30.7 Å². The first-order chi connectivity index (χ1) is 15.2. The van der Waals surface area contributed by atoms with Crippen molar-refractivity contribution in [3.63, 3.8) is 0 Å². The molecule has 1 saturated heterocycles. The summed E-state index contributed by atoms with van der Waals surface area (Å²) < 4.78 is 0. The number of anilines is 1. The van der Waals surface area contributed by atoms with Crippen molar-refractivity contribution in [1.82, 2.24) is 10.3 Å². The molecule has 1 fully saturated rings. The zero-order valence-corrected chi connectivity index (χ0v) is 19.5. The standard InChI is InChI=1S/C20H26ClN3.C7H8/c1-2-3-4-5-11-22-17-9-13-24(14-10-17)20-8-12-23-19-15-16(21)6-7-18(19)20;1-7-5-3-2-4-6-7/h4-8,12,15,17,22H,2-3,9-11,13-14H2,1H3;2-6H,1H3/b5-4-;. The fourth-order valence-electron chi connectivity index (χ4n) is 3.84. The van der Waals surface area contributed by atoms with Crippen molar-refractivity contribution in [2.24, 2.45) is 0 Å². The molecule has 0 amide bonds. The third-order valence-electron chi connectivity index (χ3n) is 5.60. The van der Waals surface area contributed by atoms with E-state index in [1.165, 1.54) is 42.3 Å². The average molecular weight is 436 g/mol. The van der Waals surface area contributed by atoms with Gasteiger partial charge >= 0.3 is 0 Å². The molecule has 0 aliphatic carbocycles. The van der Waals surface area contributed by atoms with Crippen LogP contribution in [0.15, 0.2) is 72.9 Å². The summed E-state index contributed by atoms with van der Waals surface area (Å²) in [5.74, 6) is 0. The van der Waals surface area contributed by atoms with Crippen molar-refractivity contribution in [2.75, 3.05) is 24.5 Å². The second-order valence-corrected chi connectivity index (χ2v) is 8.51. The van der Waals surface area contributed by atoms with Gasteiger partial charge in [0.2, 0.25) is 0 Å². The summed E-state index contributed by atoms with van der Waals surface area (Å²) in [4.78, 5) is 6.92. The minimum Gasteiger partial charge on any atom is -0.371 e. The van der Waals surface area contributed by atoms with E-state index >= 15 is 0 Å². The topological polar surface area (TPSA) is 28.2 Å². The maximum atomic E-state index is 6.09. The molecule has 0 bridgehead atoms. The lowest BCUT2D eigenvalue weighted by molar-refractivity contribution is 0.430. The fourth-order valence-corrected chi connectivity index (χ4v) is 4.01. The van der Waals surface area contributed by atoms with Gasteiger partial charge in [-0.05, 0) is 50.5 Å². The van der Waals surface area contributed by atoms with Crippen molar-refractivity contribution in [1.29, 1.82) is 0 Å². The molecule has 1 N–H and O–H groups in total. The number of fused-ring (bicyclic) bond motifs is 1. The molecule has 1 aromatic heterocycles. The fraction of sp³-hybridized carbons (Fsp3) is 0.370. The number of benzene rings is 2. The Morgan fingerprint density at radius 3 is 2.52 bits per heavy atom. The van der Waals surface area contributed by atoms with E-state index in [0.717, 1.165) is 30.2 Å². The number of aromatic nitrogens is 1. The van der Waals surface area contributed by atoms with Gasteiger partial charge in [0.15, 0.2) is 0 Å². The highest BCUT2D eigenvalue weighted by Crippen LogP contribution is 2.29. The summed E-state index contributed by atoms with van der Waals surface area (Å²) in [5.41, 5.74) is 3.57. The lowest BCUT2D eigenvalue weighted by atomic mass is 10.0. The number of pyridine rings is 1. The highest BCUT2D eigenvalue weighted by Gasteiger charge is 2.20. The van der Waals surface area contributed by atoms with Crippen LogP contribution in [0.2, 0.25) is 5.02 Å². The van der Waals surface area contributed by atoms with Gasteiger partial charge in [-0.3, -0.25) is 4.98 Å². The lowest BCUT2D eigenvalue weighted by Crippen LogP contribution is -2.42. The van der Waals surface area contributed by atoms with Gasteiger partial charge in [-0.2, -0.15) is 0 Å². The number of hydrogen-bond acceptors (Lipinski definition) is 3. The Bertz CT molecular complexity index is 947. The predicted molar refractivity (Wildman–Crippen MR) is 135 cm³/mol. The number of rotatable bonds is 6. The Hall–Kier alpha value is -2.36. The van der Waals surface area contributed by atoms with Gasteiger partial charge in [-0.15, -0.1) is 0 Å². The average Bonchev–Trinajstić information content (AvgIpc) is 2.80. The molecule has 3 aromatic rings. The molecule has 2 aromatic carbocycles. The first-order valence-corrected chi connectivity index (χ1v) is 11.7. The maximum Gasteiger partial charge on any atom is 0.0737 e. The van der Waals surface area contributed by atoms with Gasteiger partial charge in [0.25, 0.3) is 0 Å². The molecular weight excluding hydrogens is 402 g/mol. The molecule has 4 rings (SSSR count). The third-order valence-corrected chi connectivity index (χ3v) is 5.84. The van der Waals surface area contributed by atoms with Gasteiger partial charge in [0.05, 0.1) is 5.52 Å². The number of unbranched alkanes of at least 4 members (excludes halogenated alkanes) is 1. The van der Waals surface area contributed by atoms with Crippen LogP contribution >= 0.6 is 11.6 Å². The number of allylic oxidation sites excluding steroid dienone is 1. The van der Waals surface area contributed by atoms with Crippen LogP contribution < -0.4 is 10.2 Å². The van der Waals surface area contributed by atoms with Crippen molar-refractivity contribution in [3.8, 4) is 0 Å². The quantitative estimate of drug-likeness (QED) is 0.431. The molecule has 164 valence electrons. The third kappa shape index (κ3) is 7.37. The summed E-state index contributed by atoms with van der Waals surface area (Å²) in [7, 11) is 0. The van der Waals surface area contributed by atoms with Gasteiger partial charge in [0, 0.05) is 48.0 Å². The normalized spacial score (nSPS) is 14.6. The van der Waals surface area contributed by atoms with E-state index in [-0.39, 0.29) is 0 Å². The molecule has 3 nitrogen and oxygen atoms in total. The molecule has 0 radical (unpaired) electrons. The number of piperidine rings is 1. The van der Waals surface area contributed by atoms with Crippen molar-refractivity contribution in [2.45, 2.75) is 45.6 Å². The minimum absolute atomic E-state index is 0.620. The molecule has 0 unspecified atom stereocenters. The predicted octanol–water partition coefficient (Wildman–Crippen LogP) is 6.80. The number of hydrogen-bond donors (Lipinski definition) is 1. The Labute approximate surface area is 192 Å². The Kier molecular flexibility index (Phi) is 9.39. The molecule has 31 heavy (non-hydrogen) atoms.